The molecule has 30 heavy (non-hydrogen) atoms. The Balaban J connectivity index is 1.54. The van der Waals surface area contributed by atoms with Gasteiger partial charge in [0.15, 0.2) is 6.10 Å². The van der Waals surface area contributed by atoms with Gasteiger partial charge < -0.3 is 14.7 Å². The number of fused-ring (bicyclic) bond motifs is 1. The molecule has 1 fully saturated rings. The fourth-order valence-corrected chi connectivity index (χ4v) is 4.34. The van der Waals surface area contributed by atoms with Crippen LogP contribution in [0.3, 0.4) is 0 Å². The molecule has 1 unspecified atom stereocenters. The Kier molecular flexibility index (Phi) is 6.42. The molecule has 0 aliphatic carbocycles. The predicted molar refractivity (Wildman–Crippen MR) is 119 cm³/mol. The molecular weight excluding hydrogens is 400 g/mol. The van der Waals surface area contributed by atoms with Crippen LogP contribution in [0.4, 0.5) is 0 Å². The minimum atomic E-state index is -0.593. The summed E-state index contributed by atoms with van der Waals surface area (Å²) >= 11 is 6.09. The third kappa shape index (κ3) is 4.69. The van der Waals surface area contributed by atoms with Crippen molar-refractivity contribution in [3.8, 4) is 5.75 Å². The molecule has 0 bridgehead atoms. The highest BCUT2D eigenvalue weighted by Gasteiger charge is 2.32. The molecule has 158 valence electrons. The highest BCUT2D eigenvalue weighted by Crippen LogP contribution is 2.30. The van der Waals surface area contributed by atoms with Crippen LogP contribution in [0.5, 0.6) is 5.75 Å². The first-order chi connectivity index (χ1) is 14.5. The van der Waals surface area contributed by atoms with E-state index in [1.54, 1.807) is 11.0 Å². The van der Waals surface area contributed by atoms with Crippen LogP contribution in [0.25, 0.3) is 6.08 Å². The Morgan fingerprint density at radius 1 is 1.30 bits per heavy atom. The maximum absolute atomic E-state index is 13.5. The number of ether oxygens (including phenoxy) is 1. The first-order valence-electron chi connectivity index (χ1n) is 10.4. The number of rotatable bonds is 5. The monoisotopic (exact) mass is 426 g/mol. The van der Waals surface area contributed by atoms with E-state index in [2.05, 4.69) is 4.90 Å². The summed E-state index contributed by atoms with van der Waals surface area (Å²) in [6.45, 7) is 2.16. The normalized spacial score (nSPS) is 22.1. The van der Waals surface area contributed by atoms with Gasteiger partial charge in [-0.3, -0.25) is 9.69 Å². The van der Waals surface area contributed by atoms with Crippen molar-refractivity contribution in [2.24, 2.45) is 0 Å². The van der Waals surface area contributed by atoms with Gasteiger partial charge in [-0.15, -0.1) is 0 Å². The fraction of sp³-hybridized carbons (Fsp3) is 0.375. The summed E-state index contributed by atoms with van der Waals surface area (Å²) < 4.78 is 6.10. The Labute approximate surface area is 182 Å². The van der Waals surface area contributed by atoms with Crippen LogP contribution in [-0.4, -0.2) is 59.7 Å². The van der Waals surface area contributed by atoms with Crippen LogP contribution in [-0.2, 0) is 4.79 Å². The van der Waals surface area contributed by atoms with Crippen molar-refractivity contribution in [1.29, 1.82) is 0 Å². The van der Waals surface area contributed by atoms with Crippen LogP contribution in [0.1, 0.15) is 30.0 Å². The first kappa shape index (κ1) is 20.9. The van der Waals surface area contributed by atoms with Crippen molar-refractivity contribution in [3.05, 3.63) is 70.8 Å². The minimum absolute atomic E-state index is 0.0592. The Bertz CT molecular complexity index is 918. The van der Waals surface area contributed by atoms with Gasteiger partial charge in [-0.2, -0.15) is 0 Å². The molecule has 2 aromatic rings. The topological polar surface area (TPSA) is 53.0 Å². The van der Waals surface area contributed by atoms with E-state index in [4.69, 9.17) is 16.3 Å². The molecule has 1 saturated heterocycles. The number of nitrogens with zero attached hydrogens (tertiary/aromatic N) is 2. The van der Waals surface area contributed by atoms with E-state index in [0.717, 1.165) is 24.1 Å². The van der Waals surface area contributed by atoms with Gasteiger partial charge in [0.05, 0.1) is 12.1 Å². The summed E-state index contributed by atoms with van der Waals surface area (Å²) in [6.07, 6.45) is 4.31. The van der Waals surface area contributed by atoms with Gasteiger partial charge in [-0.25, -0.2) is 0 Å². The molecule has 3 atom stereocenters. The van der Waals surface area contributed by atoms with Gasteiger partial charge in [0.2, 0.25) is 0 Å². The SMILES string of the molecule is CN(C(=O)[C@@H]1CC=Cc2cc(Cl)ccc2O1)C(CN1CC[C@H](O)C1)c1ccccc1. The third-order valence-corrected chi connectivity index (χ3v) is 6.08. The second-order valence-electron chi connectivity index (χ2n) is 8.00. The van der Waals surface area contributed by atoms with Crippen molar-refractivity contribution < 1.29 is 14.6 Å². The van der Waals surface area contributed by atoms with Crippen LogP contribution >= 0.6 is 11.6 Å². The number of likely N-dealkylation sites (N-methyl/N-ethyl adjacent to an activating group) is 1. The molecule has 1 N–H and O–H groups in total. The zero-order chi connectivity index (χ0) is 21.1. The molecule has 1 amide bonds. The number of aliphatic hydroxyl groups excluding tert-OH is 1. The lowest BCUT2D eigenvalue weighted by atomic mass is 10.0. The highest BCUT2D eigenvalue weighted by atomic mass is 35.5. The maximum atomic E-state index is 13.5. The lowest BCUT2D eigenvalue weighted by Crippen LogP contribution is -2.44. The quantitative estimate of drug-likeness (QED) is 0.790. The average Bonchev–Trinajstić information content (AvgIpc) is 3.05. The van der Waals surface area contributed by atoms with Gasteiger partial charge in [0, 0.05) is 43.7 Å². The zero-order valence-corrected chi connectivity index (χ0v) is 17.8. The molecule has 0 spiro atoms. The zero-order valence-electron chi connectivity index (χ0n) is 17.1. The standard InChI is InChI=1S/C24H27ClN2O3/c1-26(21(17-6-3-2-4-7-17)16-27-13-12-20(28)15-27)24(29)23-9-5-8-18-14-19(25)10-11-22(18)30-23/h2-8,10-11,14,20-21,23,28H,9,12-13,15-16H2,1H3/t20-,21?,23-/m0/s1. The summed E-state index contributed by atoms with van der Waals surface area (Å²) in [4.78, 5) is 17.5. The Morgan fingerprint density at radius 3 is 2.83 bits per heavy atom. The van der Waals surface area contributed by atoms with Crippen molar-refractivity contribution >= 4 is 23.6 Å². The Hall–Kier alpha value is -2.34. The van der Waals surface area contributed by atoms with E-state index in [1.165, 1.54) is 0 Å². The van der Waals surface area contributed by atoms with Crippen LogP contribution < -0.4 is 4.74 Å². The molecule has 0 radical (unpaired) electrons. The largest absolute Gasteiger partial charge is 0.480 e. The van der Waals surface area contributed by atoms with Gasteiger partial charge >= 0.3 is 0 Å². The number of likely N-dealkylation sites (tertiary alicyclic amines) is 1. The van der Waals surface area contributed by atoms with Crippen molar-refractivity contribution in [2.45, 2.75) is 31.1 Å². The highest BCUT2D eigenvalue weighted by molar-refractivity contribution is 6.30. The number of aliphatic hydroxyl groups is 1. The molecular formula is C24H27ClN2O3. The van der Waals surface area contributed by atoms with E-state index in [9.17, 15) is 9.90 Å². The summed E-state index contributed by atoms with van der Waals surface area (Å²) in [7, 11) is 1.84. The maximum Gasteiger partial charge on any atom is 0.264 e. The minimum Gasteiger partial charge on any atom is -0.480 e. The van der Waals surface area contributed by atoms with Crippen LogP contribution in [0, 0.1) is 0 Å². The number of benzene rings is 2. The molecule has 2 aliphatic rings. The second kappa shape index (κ2) is 9.21. The van der Waals surface area contributed by atoms with Crippen molar-refractivity contribution in [1.82, 2.24) is 9.80 Å². The summed E-state index contributed by atoms with van der Waals surface area (Å²) in [5.74, 6) is 0.606. The predicted octanol–water partition coefficient (Wildman–Crippen LogP) is 3.77. The number of hydrogen-bond donors (Lipinski definition) is 1. The van der Waals surface area contributed by atoms with Gasteiger partial charge in [0.25, 0.3) is 5.91 Å². The molecule has 2 heterocycles. The summed E-state index contributed by atoms with van der Waals surface area (Å²) in [5, 5.41) is 10.6. The fourth-order valence-electron chi connectivity index (χ4n) is 4.16. The van der Waals surface area contributed by atoms with Crippen molar-refractivity contribution in [3.63, 3.8) is 0 Å². The Morgan fingerprint density at radius 2 is 2.10 bits per heavy atom. The molecule has 6 heteroatoms. The first-order valence-corrected chi connectivity index (χ1v) is 10.7. The number of halogens is 1. The van der Waals surface area contributed by atoms with Gasteiger partial charge in [-0.05, 0) is 30.2 Å². The molecule has 0 saturated carbocycles. The lowest BCUT2D eigenvalue weighted by Gasteiger charge is -2.34. The average molecular weight is 427 g/mol. The van der Waals surface area contributed by atoms with Crippen LogP contribution in [0.2, 0.25) is 5.02 Å². The molecule has 5 nitrogen and oxygen atoms in total. The molecule has 4 rings (SSSR count). The van der Waals surface area contributed by atoms with E-state index in [1.807, 2.05) is 61.7 Å². The second-order valence-corrected chi connectivity index (χ2v) is 8.44. The summed E-state index contributed by atoms with van der Waals surface area (Å²) in [6, 6.07) is 15.4. The molecule has 2 aliphatic heterocycles. The van der Waals surface area contributed by atoms with E-state index >= 15 is 0 Å². The van der Waals surface area contributed by atoms with Gasteiger partial charge in [0.1, 0.15) is 5.75 Å². The van der Waals surface area contributed by atoms with E-state index in [-0.39, 0.29) is 18.1 Å². The number of amides is 1. The van der Waals surface area contributed by atoms with E-state index in [0.29, 0.717) is 30.3 Å². The lowest BCUT2D eigenvalue weighted by molar-refractivity contribution is -0.139. The summed E-state index contributed by atoms with van der Waals surface area (Å²) in [5.41, 5.74) is 1.96. The molecule has 0 aromatic heterocycles. The van der Waals surface area contributed by atoms with Crippen molar-refractivity contribution in [2.75, 3.05) is 26.7 Å². The van der Waals surface area contributed by atoms with Gasteiger partial charge in [-0.1, -0.05) is 54.1 Å². The number of carbonyl (C=O) groups is 1. The molecule has 2 aromatic carbocycles. The number of β-amino-alcohol motifs (C(OH)–C–C–N with tert-alkyl or cyclic N) is 1. The smallest absolute Gasteiger partial charge is 0.264 e. The number of carbonyl (C=O) groups excluding carboxylic acids is 1. The van der Waals surface area contributed by atoms with Crippen LogP contribution in [0.15, 0.2) is 54.6 Å². The number of hydrogen-bond acceptors (Lipinski definition) is 4. The third-order valence-electron chi connectivity index (χ3n) is 5.84. The van der Waals surface area contributed by atoms with E-state index < -0.39 is 6.10 Å².